The number of amides is 2. The lowest BCUT2D eigenvalue weighted by Crippen LogP contribution is -2.19. The Morgan fingerprint density at radius 3 is 2.10 bits per heavy atom. The molecule has 0 spiro atoms. The fourth-order valence-corrected chi connectivity index (χ4v) is 5.45. The van der Waals surface area contributed by atoms with Crippen molar-refractivity contribution in [3.8, 4) is 0 Å². The van der Waals surface area contributed by atoms with E-state index in [-0.39, 0.29) is 10.6 Å². The van der Waals surface area contributed by atoms with Gasteiger partial charge in [0.05, 0.1) is 16.3 Å². The molecule has 0 saturated carbocycles. The fourth-order valence-electron chi connectivity index (χ4n) is 2.53. The van der Waals surface area contributed by atoms with Gasteiger partial charge in [-0.25, -0.2) is 13.2 Å². The molecule has 0 saturated heterocycles. The molecule has 0 heterocycles. The van der Waals surface area contributed by atoms with Gasteiger partial charge in [-0.05, 0) is 60.7 Å². The van der Waals surface area contributed by atoms with Crippen LogP contribution in [-0.4, -0.2) is 26.0 Å². The fraction of sp³-hybridized carbons (Fsp3) is 0.0952. The number of sulfone groups is 1. The second-order valence-corrected chi connectivity index (χ2v) is 10.3. The molecule has 0 unspecified atom stereocenters. The van der Waals surface area contributed by atoms with E-state index in [9.17, 15) is 13.2 Å². The zero-order valence-electron chi connectivity index (χ0n) is 15.6. The maximum absolute atomic E-state index is 12.5. The summed E-state index contributed by atoms with van der Waals surface area (Å²) in [5.41, 5.74) is 1.20. The van der Waals surface area contributed by atoms with Crippen LogP contribution in [0, 0.1) is 0 Å². The third-order valence-corrected chi connectivity index (χ3v) is 7.59. The van der Waals surface area contributed by atoms with Crippen LogP contribution < -0.4 is 10.6 Å². The van der Waals surface area contributed by atoms with Crippen LogP contribution in [0.2, 0.25) is 10.0 Å². The van der Waals surface area contributed by atoms with Gasteiger partial charge in [0.2, 0.25) is 0 Å². The number of hydrogen-bond donors (Lipinski definition) is 2. The largest absolute Gasteiger partial charge is 0.323 e. The van der Waals surface area contributed by atoms with E-state index >= 15 is 0 Å². The Kier molecular flexibility index (Phi) is 7.66. The minimum absolute atomic E-state index is 0.0371. The molecule has 0 aliphatic rings. The van der Waals surface area contributed by atoms with Gasteiger partial charge in [-0.15, -0.1) is 11.8 Å². The maximum atomic E-state index is 12.5. The van der Waals surface area contributed by atoms with Crippen molar-refractivity contribution < 1.29 is 13.2 Å². The van der Waals surface area contributed by atoms with Crippen LogP contribution in [0.15, 0.2) is 82.6 Å². The first-order valence-electron chi connectivity index (χ1n) is 8.87. The van der Waals surface area contributed by atoms with Crippen LogP contribution in [0.3, 0.4) is 0 Å². The average Bonchev–Trinajstić information content (AvgIpc) is 2.71. The van der Waals surface area contributed by atoms with Crippen LogP contribution in [0.25, 0.3) is 0 Å². The van der Waals surface area contributed by atoms with Gasteiger partial charge in [0.25, 0.3) is 0 Å². The van der Waals surface area contributed by atoms with Gasteiger partial charge in [0.1, 0.15) is 0 Å². The van der Waals surface area contributed by atoms with Crippen molar-refractivity contribution in [2.75, 3.05) is 22.1 Å². The Balaban J connectivity index is 1.60. The molecule has 2 N–H and O–H groups in total. The number of hydrogen-bond acceptors (Lipinski definition) is 4. The quantitative estimate of drug-likeness (QED) is 0.394. The van der Waals surface area contributed by atoms with Crippen LogP contribution in [0.5, 0.6) is 0 Å². The standard InChI is InChI=1S/C21H18Cl2N2O3S2/c22-15-5-9-17(10-6-15)24-21(26)25-19-3-1-2-4-20(19)29-13-14-30(27,28)18-11-7-16(23)8-12-18/h1-12H,13-14H2,(H2,24,25,26). The van der Waals surface area contributed by atoms with E-state index in [0.717, 1.165) is 4.90 Å². The summed E-state index contributed by atoms with van der Waals surface area (Å²) < 4.78 is 25.0. The smallest absolute Gasteiger partial charge is 0.308 e. The Morgan fingerprint density at radius 2 is 1.43 bits per heavy atom. The monoisotopic (exact) mass is 480 g/mol. The SMILES string of the molecule is O=C(Nc1ccc(Cl)cc1)Nc1ccccc1SCCS(=O)(=O)c1ccc(Cl)cc1. The minimum atomic E-state index is -3.42. The van der Waals surface area contributed by atoms with Gasteiger partial charge in [-0.1, -0.05) is 35.3 Å². The molecule has 5 nitrogen and oxygen atoms in total. The zero-order valence-corrected chi connectivity index (χ0v) is 18.8. The molecular formula is C21H18Cl2N2O3S2. The molecule has 0 atom stereocenters. The number of halogens is 2. The number of anilines is 2. The zero-order chi connectivity index (χ0) is 21.6. The highest BCUT2D eigenvalue weighted by Gasteiger charge is 2.15. The van der Waals surface area contributed by atoms with Gasteiger partial charge in [-0.3, -0.25) is 0 Å². The summed E-state index contributed by atoms with van der Waals surface area (Å²) in [5.74, 6) is 0.299. The molecule has 0 radical (unpaired) electrons. The van der Waals surface area contributed by atoms with Crippen molar-refractivity contribution in [1.29, 1.82) is 0 Å². The van der Waals surface area contributed by atoms with E-state index in [1.807, 2.05) is 12.1 Å². The van der Waals surface area contributed by atoms with E-state index in [2.05, 4.69) is 10.6 Å². The molecule has 9 heteroatoms. The molecule has 3 aromatic rings. The predicted molar refractivity (Wildman–Crippen MR) is 125 cm³/mol. The number of carbonyl (C=O) groups excluding carboxylic acids is 1. The summed E-state index contributed by atoms with van der Waals surface area (Å²) in [6, 6.07) is 19.7. The molecule has 156 valence electrons. The number of urea groups is 1. The highest BCUT2D eigenvalue weighted by molar-refractivity contribution is 8.00. The van der Waals surface area contributed by atoms with Crippen molar-refractivity contribution in [2.45, 2.75) is 9.79 Å². The Hall–Kier alpha value is -2.19. The van der Waals surface area contributed by atoms with Crippen LogP contribution in [-0.2, 0) is 9.84 Å². The van der Waals surface area contributed by atoms with Crippen LogP contribution in [0.4, 0.5) is 16.2 Å². The molecule has 0 fully saturated rings. The average molecular weight is 481 g/mol. The first kappa shape index (κ1) is 22.5. The third-order valence-electron chi connectivity index (χ3n) is 4.02. The summed E-state index contributed by atoms with van der Waals surface area (Å²) >= 11 is 13.0. The highest BCUT2D eigenvalue weighted by atomic mass is 35.5. The van der Waals surface area contributed by atoms with Crippen molar-refractivity contribution in [1.82, 2.24) is 0 Å². The van der Waals surface area contributed by atoms with Gasteiger partial charge >= 0.3 is 6.03 Å². The second-order valence-electron chi connectivity index (χ2n) is 6.20. The first-order valence-corrected chi connectivity index (χ1v) is 12.3. The molecule has 0 aromatic heterocycles. The predicted octanol–water partition coefficient (Wildman–Crippen LogP) is 6.20. The molecule has 30 heavy (non-hydrogen) atoms. The lowest BCUT2D eigenvalue weighted by molar-refractivity contribution is 0.262. The summed E-state index contributed by atoms with van der Waals surface area (Å²) in [4.78, 5) is 13.3. The number of para-hydroxylation sites is 1. The molecule has 0 aliphatic carbocycles. The lowest BCUT2D eigenvalue weighted by Gasteiger charge is -2.12. The van der Waals surface area contributed by atoms with Crippen molar-refractivity contribution in [3.63, 3.8) is 0 Å². The number of thioether (sulfide) groups is 1. The number of rotatable bonds is 7. The number of carbonyl (C=O) groups is 1. The van der Waals surface area contributed by atoms with Gasteiger partial charge in [0.15, 0.2) is 9.84 Å². The topological polar surface area (TPSA) is 75.3 Å². The van der Waals surface area contributed by atoms with Crippen molar-refractivity contribution in [2.24, 2.45) is 0 Å². The van der Waals surface area contributed by atoms with E-state index in [1.165, 1.54) is 23.9 Å². The summed E-state index contributed by atoms with van der Waals surface area (Å²) in [7, 11) is -3.42. The van der Waals surface area contributed by atoms with Crippen LogP contribution >= 0.6 is 35.0 Å². The summed E-state index contributed by atoms with van der Waals surface area (Å²) in [6.45, 7) is 0. The molecule has 3 rings (SSSR count). The summed E-state index contributed by atoms with van der Waals surface area (Å²) in [6.07, 6.45) is 0. The van der Waals surface area contributed by atoms with Gasteiger partial charge < -0.3 is 10.6 Å². The molecule has 0 aliphatic heterocycles. The first-order chi connectivity index (χ1) is 14.3. The third kappa shape index (κ3) is 6.40. The van der Waals surface area contributed by atoms with Gasteiger partial charge in [-0.2, -0.15) is 0 Å². The minimum Gasteiger partial charge on any atom is -0.308 e. The normalized spacial score (nSPS) is 11.1. The molecule has 2 amide bonds. The molecular weight excluding hydrogens is 463 g/mol. The van der Waals surface area contributed by atoms with Crippen molar-refractivity contribution >= 4 is 62.2 Å². The Morgan fingerprint density at radius 1 is 0.833 bits per heavy atom. The van der Waals surface area contributed by atoms with E-state index in [4.69, 9.17) is 23.2 Å². The Labute approximate surface area is 189 Å². The maximum Gasteiger partial charge on any atom is 0.323 e. The highest BCUT2D eigenvalue weighted by Crippen LogP contribution is 2.28. The van der Waals surface area contributed by atoms with Gasteiger partial charge in [0, 0.05) is 26.4 Å². The Bertz CT molecular complexity index is 1120. The lowest BCUT2D eigenvalue weighted by atomic mass is 10.3. The van der Waals surface area contributed by atoms with Crippen molar-refractivity contribution in [3.05, 3.63) is 82.8 Å². The van der Waals surface area contributed by atoms with E-state index in [1.54, 1.807) is 48.5 Å². The van der Waals surface area contributed by atoms with E-state index in [0.29, 0.717) is 27.2 Å². The molecule has 3 aromatic carbocycles. The molecule has 0 bridgehead atoms. The number of nitrogens with one attached hydrogen (secondary N) is 2. The number of benzene rings is 3. The van der Waals surface area contributed by atoms with Crippen LogP contribution in [0.1, 0.15) is 0 Å². The van der Waals surface area contributed by atoms with E-state index < -0.39 is 15.9 Å². The summed E-state index contributed by atoms with van der Waals surface area (Å²) in [5, 5.41) is 6.58. The second kappa shape index (κ2) is 10.2.